The van der Waals surface area contributed by atoms with Crippen LogP contribution in [0, 0.1) is 11.3 Å². The van der Waals surface area contributed by atoms with Crippen LogP contribution in [0.1, 0.15) is 12.0 Å². The molecule has 0 saturated heterocycles. The number of ether oxygens (including phenoxy) is 2. The van der Waals surface area contributed by atoms with Crippen LogP contribution in [-0.4, -0.2) is 43.0 Å². The number of nitrogens with zero attached hydrogens (tertiary/aromatic N) is 3. The predicted octanol–water partition coefficient (Wildman–Crippen LogP) is 3.80. The lowest BCUT2D eigenvalue weighted by Gasteiger charge is -2.18. The highest BCUT2D eigenvalue weighted by Crippen LogP contribution is 2.31. The average Bonchev–Trinajstić information content (AvgIpc) is 3.13. The Bertz CT molecular complexity index is 1130. The number of carbonyl (C=O) groups excluding carboxylic acids is 2. The summed E-state index contributed by atoms with van der Waals surface area (Å²) in [6.45, 7) is -2.75. The minimum atomic E-state index is -2.97. The molecule has 2 aromatic carbocycles. The van der Waals surface area contributed by atoms with E-state index in [1.807, 2.05) is 6.07 Å². The van der Waals surface area contributed by atoms with Gasteiger partial charge in [-0.1, -0.05) is 23.9 Å². The SMILES string of the molecule is COc1ccc(/C=C2\N=C(SCC(=O)NCCC#N)N(c3ccc(OC(F)F)cc3)C2=O)cc1. The third-order valence-corrected chi connectivity index (χ3v) is 5.40. The molecule has 2 amide bonds. The van der Waals surface area contributed by atoms with Crippen LogP contribution in [0.4, 0.5) is 14.5 Å². The smallest absolute Gasteiger partial charge is 0.387 e. The van der Waals surface area contributed by atoms with Gasteiger partial charge in [-0.25, -0.2) is 4.99 Å². The van der Waals surface area contributed by atoms with Crippen LogP contribution in [0.3, 0.4) is 0 Å². The molecule has 0 aliphatic carbocycles. The van der Waals surface area contributed by atoms with Crippen molar-refractivity contribution >= 4 is 40.5 Å². The molecular formula is C23H20F2N4O4S. The summed E-state index contributed by atoms with van der Waals surface area (Å²) < 4.78 is 34.4. The van der Waals surface area contributed by atoms with Crippen molar-refractivity contribution in [1.29, 1.82) is 5.26 Å². The van der Waals surface area contributed by atoms with E-state index in [1.165, 1.54) is 29.2 Å². The summed E-state index contributed by atoms with van der Waals surface area (Å²) in [6.07, 6.45) is 1.79. The number of nitrogens with one attached hydrogen (secondary N) is 1. The molecule has 176 valence electrons. The van der Waals surface area contributed by atoms with Crippen molar-refractivity contribution in [2.45, 2.75) is 13.0 Å². The first kappa shape index (κ1) is 24.7. The minimum Gasteiger partial charge on any atom is -0.497 e. The third-order valence-electron chi connectivity index (χ3n) is 4.46. The second-order valence-electron chi connectivity index (χ2n) is 6.76. The lowest BCUT2D eigenvalue weighted by molar-refractivity contribution is -0.118. The van der Waals surface area contributed by atoms with Crippen LogP contribution in [0.5, 0.6) is 11.5 Å². The van der Waals surface area contributed by atoms with Crippen LogP contribution in [0.2, 0.25) is 0 Å². The van der Waals surface area contributed by atoms with Crippen molar-refractivity contribution in [1.82, 2.24) is 5.32 Å². The van der Waals surface area contributed by atoms with E-state index in [0.717, 1.165) is 11.8 Å². The molecule has 1 aliphatic rings. The molecule has 0 unspecified atom stereocenters. The number of hydrogen-bond donors (Lipinski definition) is 1. The first-order chi connectivity index (χ1) is 16.4. The molecule has 0 radical (unpaired) electrons. The number of carbonyl (C=O) groups is 2. The Hall–Kier alpha value is -3.91. The number of alkyl halides is 2. The maximum absolute atomic E-state index is 13.2. The number of amides is 2. The van der Waals surface area contributed by atoms with Gasteiger partial charge in [-0.15, -0.1) is 0 Å². The number of amidine groups is 1. The predicted molar refractivity (Wildman–Crippen MR) is 125 cm³/mol. The van der Waals surface area contributed by atoms with E-state index in [1.54, 1.807) is 37.5 Å². The van der Waals surface area contributed by atoms with Crippen LogP contribution in [0.15, 0.2) is 59.2 Å². The molecule has 0 aromatic heterocycles. The summed E-state index contributed by atoms with van der Waals surface area (Å²) in [6, 6.07) is 14.5. The van der Waals surface area contributed by atoms with Gasteiger partial charge in [0.05, 0.1) is 31.0 Å². The van der Waals surface area contributed by atoms with Gasteiger partial charge in [0.2, 0.25) is 5.91 Å². The molecule has 0 atom stereocenters. The van der Waals surface area contributed by atoms with E-state index in [-0.39, 0.29) is 41.2 Å². The summed E-state index contributed by atoms with van der Waals surface area (Å²) in [5.74, 6) is -0.178. The molecule has 34 heavy (non-hydrogen) atoms. The summed E-state index contributed by atoms with van der Waals surface area (Å²) in [5, 5.41) is 11.4. The summed E-state index contributed by atoms with van der Waals surface area (Å²) in [7, 11) is 1.55. The largest absolute Gasteiger partial charge is 0.497 e. The summed E-state index contributed by atoms with van der Waals surface area (Å²) in [5.41, 5.74) is 1.24. The fraction of sp³-hybridized carbons (Fsp3) is 0.217. The zero-order valence-electron chi connectivity index (χ0n) is 18.0. The van der Waals surface area contributed by atoms with Gasteiger partial charge in [-0.3, -0.25) is 14.5 Å². The second kappa shape index (κ2) is 11.8. The number of hydrogen-bond acceptors (Lipinski definition) is 7. The topological polar surface area (TPSA) is 104 Å². The fourth-order valence-electron chi connectivity index (χ4n) is 2.89. The first-order valence-electron chi connectivity index (χ1n) is 10.0. The number of thioether (sulfide) groups is 1. The summed E-state index contributed by atoms with van der Waals surface area (Å²) >= 11 is 1.04. The highest BCUT2D eigenvalue weighted by atomic mass is 32.2. The Morgan fingerprint density at radius 2 is 1.88 bits per heavy atom. The number of anilines is 1. The van der Waals surface area contributed by atoms with E-state index in [9.17, 15) is 18.4 Å². The molecule has 11 heteroatoms. The molecular weight excluding hydrogens is 466 g/mol. The Kier molecular flexibility index (Phi) is 8.59. The molecule has 1 aliphatic heterocycles. The molecule has 0 saturated carbocycles. The first-order valence-corrected chi connectivity index (χ1v) is 11.0. The van der Waals surface area contributed by atoms with E-state index >= 15 is 0 Å². The van der Waals surface area contributed by atoms with Crippen LogP contribution in [0.25, 0.3) is 6.08 Å². The van der Waals surface area contributed by atoms with Crippen LogP contribution >= 0.6 is 11.8 Å². The number of nitriles is 1. The van der Waals surface area contributed by atoms with Crippen LogP contribution < -0.4 is 19.7 Å². The van der Waals surface area contributed by atoms with Gasteiger partial charge in [0.1, 0.15) is 17.2 Å². The van der Waals surface area contributed by atoms with E-state index in [0.29, 0.717) is 17.0 Å². The second-order valence-corrected chi connectivity index (χ2v) is 7.70. The van der Waals surface area contributed by atoms with Gasteiger partial charge in [0.15, 0.2) is 5.17 Å². The highest BCUT2D eigenvalue weighted by Gasteiger charge is 2.32. The van der Waals surface area contributed by atoms with Crippen LogP contribution in [-0.2, 0) is 9.59 Å². The number of benzene rings is 2. The van der Waals surface area contributed by atoms with Crippen molar-refractivity contribution in [2.24, 2.45) is 4.99 Å². The van der Waals surface area contributed by atoms with E-state index < -0.39 is 12.5 Å². The minimum absolute atomic E-state index is 0.0313. The molecule has 1 N–H and O–H groups in total. The molecule has 0 bridgehead atoms. The lowest BCUT2D eigenvalue weighted by atomic mass is 10.2. The van der Waals surface area contributed by atoms with Crippen molar-refractivity contribution in [2.75, 3.05) is 24.3 Å². The number of halogens is 2. The van der Waals surface area contributed by atoms with E-state index in [2.05, 4.69) is 15.0 Å². The van der Waals surface area contributed by atoms with Gasteiger partial charge in [-0.2, -0.15) is 14.0 Å². The zero-order chi connectivity index (χ0) is 24.5. The van der Waals surface area contributed by atoms with Gasteiger partial charge in [-0.05, 0) is 48.0 Å². The van der Waals surface area contributed by atoms with Crippen molar-refractivity contribution < 1.29 is 27.8 Å². The normalized spacial score (nSPS) is 14.2. The van der Waals surface area contributed by atoms with Crippen molar-refractivity contribution in [3.8, 4) is 17.6 Å². The van der Waals surface area contributed by atoms with Gasteiger partial charge in [0.25, 0.3) is 5.91 Å². The summed E-state index contributed by atoms with van der Waals surface area (Å²) in [4.78, 5) is 31.0. The van der Waals surface area contributed by atoms with Gasteiger partial charge >= 0.3 is 6.61 Å². The number of aliphatic imine (C=N–C) groups is 1. The Morgan fingerprint density at radius 3 is 2.50 bits per heavy atom. The quantitative estimate of drug-likeness (QED) is 0.427. The Labute approximate surface area is 198 Å². The average molecular weight is 487 g/mol. The maximum Gasteiger partial charge on any atom is 0.387 e. The fourth-order valence-corrected chi connectivity index (χ4v) is 3.74. The monoisotopic (exact) mass is 486 g/mol. The van der Waals surface area contributed by atoms with Crippen molar-refractivity contribution in [3.63, 3.8) is 0 Å². The molecule has 0 fully saturated rings. The highest BCUT2D eigenvalue weighted by molar-refractivity contribution is 8.14. The lowest BCUT2D eigenvalue weighted by Crippen LogP contribution is -2.32. The Morgan fingerprint density at radius 1 is 1.21 bits per heavy atom. The molecule has 2 aromatic rings. The molecule has 0 spiro atoms. The van der Waals surface area contributed by atoms with Gasteiger partial charge in [0, 0.05) is 6.54 Å². The zero-order valence-corrected chi connectivity index (χ0v) is 18.9. The number of rotatable bonds is 9. The standard InChI is InChI=1S/C23H20F2N4O4S/c1-32-17-7-3-15(4-8-17)13-19-21(31)29(16-5-9-18(10-6-16)33-22(24)25)23(28-19)34-14-20(30)27-12-2-11-26/h3-10,13,22H,2,12,14H2,1H3,(H,27,30)/b19-13-. The maximum atomic E-state index is 13.2. The molecule has 3 rings (SSSR count). The Balaban J connectivity index is 1.84. The van der Waals surface area contributed by atoms with E-state index in [4.69, 9.17) is 10.00 Å². The molecule has 1 heterocycles. The molecule has 8 nitrogen and oxygen atoms in total. The third kappa shape index (κ3) is 6.55. The van der Waals surface area contributed by atoms with Gasteiger partial charge < -0.3 is 14.8 Å². The number of methoxy groups -OCH3 is 1. The van der Waals surface area contributed by atoms with Crippen molar-refractivity contribution in [3.05, 3.63) is 59.8 Å².